The van der Waals surface area contributed by atoms with E-state index in [9.17, 15) is 14.9 Å². The van der Waals surface area contributed by atoms with Gasteiger partial charge in [0, 0.05) is 17.1 Å². The Hall–Kier alpha value is -3.68. The van der Waals surface area contributed by atoms with Gasteiger partial charge in [-0.2, -0.15) is 5.26 Å². The number of benzene rings is 1. The lowest BCUT2D eigenvalue weighted by Gasteiger charge is -2.05. The van der Waals surface area contributed by atoms with Crippen LogP contribution in [0.4, 0.5) is 5.00 Å². The van der Waals surface area contributed by atoms with Gasteiger partial charge < -0.3 is 19.5 Å². The molecule has 0 aliphatic heterocycles. The maximum absolute atomic E-state index is 12.5. The molecule has 0 amide bonds. The van der Waals surface area contributed by atoms with Crippen LogP contribution in [0.15, 0.2) is 35.8 Å². The van der Waals surface area contributed by atoms with E-state index in [-0.39, 0.29) is 22.6 Å². The number of methoxy groups -OCH3 is 2. The maximum atomic E-state index is 12.5. The topological polar surface area (TPSA) is 111 Å². The number of ether oxygens (including phenoxy) is 3. The standard InChI is InChI=1S/C23H21N3O5S2/c1-5-31-22(27)18-13(2)19(23(28)30-4)33-21(18)25-11-15(10-24)20-26-17(12-32-20)14-7-6-8-16(9-14)29-3/h6-9,11-12,25H,5H2,1-4H3. The van der Waals surface area contributed by atoms with E-state index in [0.29, 0.717) is 27.0 Å². The number of nitrogens with one attached hydrogen (secondary N) is 1. The Labute approximate surface area is 199 Å². The van der Waals surface area contributed by atoms with Crippen LogP contribution < -0.4 is 10.1 Å². The number of aromatic nitrogens is 1. The molecule has 0 aliphatic carbocycles. The average molecular weight is 484 g/mol. The largest absolute Gasteiger partial charge is 0.497 e. The van der Waals surface area contributed by atoms with Gasteiger partial charge in [-0.1, -0.05) is 12.1 Å². The van der Waals surface area contributed by atoms with E-state index in [1.807, 2.05) is 29.6 Å². The van der Waals surface area contributed by atoms with Crippen LogP contribution in [0.2, 0.25) is 0 Å². The molecule has 0 aliphatic rings. The predicted octanol–water partition coefficient (Wildman–Crippen LogP) is 5.13. The van der Waals surface area contributed by atoms with Crippen LogP contribution in [0.1, 0.15) is 37.5 Å². The van der Waals surface area contributed by atoms with Crippen molar-refractivity contribution in [2.45, 2.75) is 13.8 Å². The van der Waals surface area contributed by atoms with Crippen molar-refractivity contribution in [3.05, 3.63) is 56.9 Å². The molecule has 1 N–H and O–H groups in total. The van der Waals surface area contributed by atoms with Gasteiger partial charge in [0.15, 0.2) is 0 Å². The number of hydrogen-bond donors (Lipinski definition) is 1. The van der Waals surface area contributed by atoms with E-state index >= 15 is 0 Å². The lowest BCUT2D eigenvalue weighted by Crippen LogP contribution is -2.08. The van der Waals surface area contributed by atoms with E-state index in [0.717, 1.165) is 16.9 Å². The normalized spacial score (nSPS) is 10.9. The SMILES string of the molecule is CCOC(=O)c1c(NC=C(C#N)c2nc(-c3cccc(OC)c3)cs2)sc(C(=O)OC)c1C. The van der Waals surface area contributed by atoms with Crippen molar-refractivity contribution in [3.8, 4) is 23.1 Å². The van der Waals surface area contributed by atoms with E-state index in [1.165, 1.54) is 24.6 Å². The van der Waals surface area contributed by atoms with Crippen LogP contribution in [0.3, 0.4) is 0 Å². The Morgan fingerprint density at radius 3 is 2.73 bits per heavy atom. The Morgan fingerprint density at radius 2 is 2.06 bits per heavy atom. The first-order chi connectivity index (χ1) is 15.9. The molecule has 2 heterocycles. The molecule has 3 aromatic rings. The van der Waals surface area contributed by atoms with E-state index in [4.69, 9.17) is 14.2 Å². The van der Waals surface area contributed by atoms with Crippen molar-refractivity contribution < 1.29 is 23.8 Å². The second kappa shape index (κ2) is 10.8. The van der Waals surface area contributed by atoms with Gasteiger partial charge >= 0.3 is 11.9 Å². The van der Waals surface area contributed by atoms with Crippen LogP contribution in [0, 0.1) is 18.3 Å². The fourth-order valence-corrected chi connectivity index (χ4v) is 4.82. The summed E-state index contributed by atoms with van der Waals surface area (Å²) in [5.74, 6) is -0.408. The number of carbonyl (C=O) groups excluding carboxylic acids is 2. The highest BCUT2D eigenvalue weighted by Crippen LogP contribution is 2.35. The molecule has 8 nitrogen and oxygen atoms in total. The molecular weight excluding hydrogens is 462 g/mol. The molecule has 0 spiro atoms. The molecule has 0 atom stereocenters. The fraction of sp³-hybridized carbons (Fsp3) is 0.217. The van der Waals surface area contributed by atoms with Gasteiger partial charge in [-0.15, -0.1) is 22.7 Å². The summed E-state index contributed by atoms with van der Waals surface area (Å²) < 4.78 is 15.2. The summed E-state index contributed by atoms with van der Waals surface area (Å²) in [7, 11) is 2.87. The van der Waals surface area contributed by atoms with Gasteiger partial charge in [0.1, 0.15) is 32.3 Å². The second-order valence-electron chi connectivity index (χ2n) is 6.56. The number of nitrogens with zero attached hydrogens (tertiary/aromatic N) is 2. The number of thiazole rings is 1. The van der Waals surface area contributed by atoms with Gasteiger partial charge in [0.25, 0.3) is 0 Å². The molecule has 0 fully saturated rings. The molecule has 2 aromatic heterocycles. The van der Waals surface area contributed by atoms with Crippen molar-refractivity contribution >= 4 is 45.2 Å². The van der Waals surface area contributed by atoms with Gasteiger partial charge in [-0.3, -0.25) is 0 Å². The molecule has 170 valence electrons. The molecule has 0 unspecified atom stereocenters. The number of esters is 2. The Morgan fingerprint density at radius 1 is 1.27 bits per heavy atom. The fourth-order valence-electron chi connectivity index (χ4n) is 2.94. The number of nitriles is 1. The number of allylic oxidation sites excluding steroid dienone is 1. The number of hydrogen-bond acceptors (Lipinski definition) is 10. The molecule has 10 heteroatoms. The summed E-state index contributed by atoms with van der Waals surface area (Å²) in [4.78, 5) is 29.4. The second-order valence-corrected chi connectivity index (χ2v) is 8.44. The average Bonchev–Trinajstić information content (AvgIpc) is 3.44. The first-order valence-corrected chi connectivity index (χ1v) is 11.5. The molecule has 1 aromatic carbocycles. The van der Waals surface area contributed by atoms with Gasteiger partial charge in [0.2, 0.25) is 0 Å². The molecule has 0 bridgehead atoms. The molecule has 3 rings (SSSR count). The third kappa shape index (κ3) is 5.22. The highest BCUT2D eigenvalue weighted by atomic mass is 32.1. The first-order valence-electron chi connectivity index (χ1n) is 9.79. The number of carbonyl (C=O) groups is 2. The molecule has 0 saturated heterocycles. The van der Waals surface area contributed by atoms with Gasteiger partial charge in [-0.25, -0.2) is 14.6 Å². The maximum Gasteiger partial charge on any atom is 0.348 e. The quantitative estimate of drug-likeness (QED) is 0.347. The van der Waals surface area contributed by atoms with Gasteiger partial charge in [0.05, 0.1) is 32.1 Å². The van der Waals surface area contributed by atoms with Crippen molar-refractivity contribution in [2.24, 2.45) is 0 Å². The molecule has 0 saturated carbocycles. The van der Waals surface area contributed by atoms with Crippen molar-refractivity contribution in [2.75, 3.05) is 26.1 Å². The smallest absolute Gasteiger partial charge is 0.348 e. The van der Waals surface area contributed by atoms with Crippen LogP contribution in [-0.2, 0) is 9.47 Å². The van der Waals surface area contributed by atoms with Crippen LogP contribution in [0.5, 0.6) is 5.75 Å². The van der Waals surface area contributed by atoms with E-state index in [2.05, 4.69) is 16.4 Å². The molecule has 33 heavy (non-hydrogen) atoms. The third-order valence-electron chi connectivity index (χ3n) is 4.57. The van der Waals surface area contributed by atoms with E-state index < -0.39 is 11.9 Å². The molecular formula is C23H21N3O5S2. The highest BCUT2D eigenvalue weighted by Gasteiger charge is 2.26. The Kier molecular flexibility index (Phi) is 7.82. The number of anilines is 1. The van der Waals surface area contributed by atoms with E-state index in [1.54, 1.807) is 21.0 Å². The minimum atomic E-state index is -0.564. The van der Waals surface area contributed by atoms with Crippen molar-refractivity contribution in [3.63, 3.8) is 0 Å². The predicted molar refractivity (Wildman–Crippen MR) is 128 cm³/mol. The summed E-state index contributed by atoms with van der Waals surface area (Å²) in [6.07, 6.45) is 1.46. The lowest BCUT2D eigenvalue weighted by atomic mass is 10.1. The minimum absolute atomic E-state index is 0.187. The number of rotatable bonds is 8. The van der Waals surface area contributed by atoms with Gasteiger partial charge in [-0.05, 0) is 31.5 Å². The third-order valence-corrected chi connectivity index (χ3v) is 6.64. The van der Waals surface area contributed by atoms with Crippen molar-refractivity contribution in [1.82, 2.24) is 4.98 Å². The summed E-state index contributed by atoms with van der Waals surface area (Å²) in [5.41, 5.74) is 2.53. The summed E-state index contributed by atoms with van der Waals surface area (Å²) in [5, 5.41) is 15.4. The Balaban J connectivity index is 1.93. The lowest BCUT2D eigenvalue weighted by molar-refractivity contribution is 0.0527. The molecule has 0 radical (unpaired) electrons. The zero-order chi connectivity index (χ0) is 24.0. The van der Waals surface area contributed by atoms with Crippen molar-refractivity contribution in [1.29, 1.82) is 5.26 Å². The summed E-state index contributed by atoms with van der Waals surface area (Å²) >= 11 is 2.37. The zero-order valence-electron chi connectivity index (χ0n) is 18.4. The monoisotopic (exact) mass is 483 g/mol. The Bertz CT molecular complexity index is 1250. The zero-order valence-corrected chi connectivity index (χ0v) is 20.1. The van der Waals surface area contributed by atoms with Crippen LogP contribution >= 0.6 is 22.7 Å². The highest BCUT2D eigenvalue weighted by molar-refractivity contribution is 7.18. The summed E-state index contributed by atoms with van der Waals surface area (Å²) in [6.45, 7) is 3.53. The van der Waals surface area contributed by atoms with Crippen LogP contribution in [-0.4, -0.2) is 37.7 Å². The summed E-state index contributed by atoms with van der Waals surface area (Å²) in [6, 6.07) is 9.60. The minimum Gasteiger partial charge on any atom is -0.497 e. The first kappa shape index (κ1) is 24.0. The number of thiophene rings is 1. The van der Waals surface area contributed by atoms with Crippen LogP contribution in [0.25, 0.3) is 16.8 Å².